The number of nitrogens with zero attached hydrogens (tertiary/aromatic N) is 2. The van der Waals surface area contributed by atoms with E-state index >= 15 is 0 Å². The number of hydrogen-bond donors (Lipinski definition) is 2. The maximum Gasteiger partial charge on any atom is 0.307 e. The molecule has 1 fully saturated rings. The highest BCUT2D eigenvalue weighted by atomic mass is 16.5. The van der Waals surface area contributed by atoms with E-state index in [0.29, 0.717) is 11.7 Å². The number of aromatic nitrogens is 2. The lowest BCUT2D eigenvalue weighted by Gasteiger charge is -2.23. The summed E-state index contributed by atoms with van der Waals surface area (Å²) in [6.07, 6.45) is 4.61. The Morgan fingerprint density at radius 1 is 1.40 bits per heavy atom. The monoisotopic (exact) mass is 277 g/mol. The number of amides is 1. The van der Waals surface area contributed by atoms with Crippen molar-refractivity contribution in [3.05, 3.63) is 23.9 Å². The van der Waals surface area contributed by atoms with E-state index in [4.69, 9.17) is 4.52 Å². The molecular formula is C13H15N3O4. The quantitative estimate of drug-likeness (QED) is 0.777. The minimum atomic E-state index is -0.907. The van der Waals surface area contributed by atoms with Crippen molar-refractivity contribution in [1.29, 1.82) is 0 Å². The van der Waals surface area contributed by atoms with Gasteiger partial charge in [-0.25, -0.2) is 0 Å². The number of allylic oxidation sites excluding steroid dienone is 2. The predicted octanol–water partition coefficient (Wildman–Crippen LogP) is 0.517. The fourth-order valence-corrected chi connectivity index (χ4v) is 3.21. The summed E-state index contributed by atoms with van der Waals surface area (Å²) < 4.78 is 4.91. The summed E-state index contributed by atoms with van der Waals surface area (Å²) in [6, 6.07) is 0. The first kappa shape index (κ1) is 12.8. The van der Waals surface area contributed by atoms with E-state index in [1.165, 1.54) is 0 Å². The molecule has 0 saturated heterocycles. The highest BCUT2D eigenvalue weighted by molar-refractivity contribution is 5.86. The molecule has 1 heterocycles. The van der Waals surface area contributed by atoms with Crippen molar-refractivity contribution in [2.45, 2.75) is 19.9 Å². The van der Waals surface area contributed by atoms with Crippen LogP contribution in [0.2, 0.25) is 0 Å². The number of aliphatic carboxylic acids is 1. The van der Waals surface area contributed by atoms with E-state index < -0.39 is 17.8 Å². The van der Waals surface area contributed by atoms with Crippen molar-refractivity contribution in [3.8, 4) is 0 Å². The number of aryl methyl sites for hydroxylation is 1. The van der Waals surface area contributed by atoms with Gasteiger partial charge >= 0.3 is 5.97 Å². The first-order valence-corrected chi connectivity index (χ1v) is 6.54. The Bertz CT molecular complexity index is 580. The summed E-state index contributed by atoms with van der Waals surface area (Å²) in [5.74, 6) is -1.49. The van der Waals surface area contributed by atoms with E-state index in [9.17, 15) is 14.7 Å². The van der Waals surface area contributed by atoms with Gasteiger partial charge in [0.15, 0.2) is 5.82 Å². The molecule has 2 aliphatic rings. The number of carboxylic acid groups (broad SMARTS) is 1. The highest BCUT2D eigenvalue weighted by Gasteiger charge is 2.51. The van der Waals surface area contributed by atoms with Gasteiger partial charge in [-0.05, 0) is 25.2 Å². The van der Waals surface area contributed by atoms with Crippen LogP contribution in [0.25, 0.3) is 0 Å². The van der Waals surface area contributed by atoms with Crippen LogP contribution in [-0.4, -0.2) is 27.1 Å². The minimum absolute atomic E-state index is 0.0190. The second-order valence-corrected chi connectivity index (χ2v) is 5.29. The number of fused-ring (bicyclic) bond motifs is 2. The van der Waals surface area contributed by atoms with Gasteiger partial charge in [0.2, 0.25) is 11.8 Å². The van der Waals surface area contributed by atoms with Crippen LogP contribution in [0.5, 0.6) is 0 Å². The van der Waals surface area contributed by atoms with Crippen molar-refractivity contribution in [2.24, 2.45) is 23.7 Å². The maximum atomic E-state index is 12.2. The number of carbonyl (C=O) groups is 2. The average Bonchev–Trinajstić information content (AvgIpc) is 3.10. The van der Waals surface area contributed by atoms with Gasteiger partial charge < -0.3 is 14.9 Å². The van der Waals surface area contributed by atoms with Crippen LogP contribution in [0.3, 0.4) is 0 Å². The lowest BCUT2D eigenvalue weighted by molar-refractivity contribution is -0.147. The standard InChI is InChI=1S/C13H15N3O4/c1-6-15-9(20-16-6)5-14-12(17)10-7-2-3-8(4-7)11(10)13(18)19/h2-3,7-8,10-11H,4-5H2,1H3,(H,14,17)(H,18,19). The largest absolute Gasteiger partial charge is 0.481 e. The van der Waals surface area contributed by atoms with Crippen molar-refractivity contribution >= 4 is 11.9 Å². The third kappa shape index (κ3) is 2.09. The third-order valence-electron chi connectivity index (χ3n) is 4.03. The van der Waals surface area contributed by atoms with Gasteiger partial charge in [0, 0.05) is 0 Å². The molecule has 0 aromatic carbocycles. The number of rotatable bonds is 4. The summed E-state index contributed by atoms with van der Waals surface area (Å²) in [6.45, 7) is 1.82. The molecule has 3 rings (SSSR count). The topological polar surface area (TPSA) is 105 Å². The Balaban J connectivity index is 1.67. The summed E-state index contributed by atoms with van der Waals surface area (Å²) in [7, 11) is 0. The zero-order chi connectivity index (χ0) is 14.3. The average molecular weight is 277 g/mol. The molecule has 7 heteroatoms. The summed E-state index contributed by atoms with van der Waals surface area (Å²) in [4.78, 5) is 27.5. The first-order valence-electron chi connectivity index (χ1n) is 6.54. The van der Waals surface area contributed by atoms with Crippen molar-refractivity contribution in [2.75, 3.05) is 0 Å². The van der Waals surface area contributed by atoms with Crippen LogP contribution in [0.1, 0.15) is 18.1 Å². The Labute approximate surface area is 115 Å². The summed E-state index contributed by atoms with van der Waals surface area (Å²) >= 11 is 0. The molecule has 1 amide bonds. The third-order valence-corrected chi connectivity index (χ3v) is 4.03. The number of carbonyl (C=O) groups excluding carboxylic acids is 1. The van der Waals surface area contributed by atoms with Crippen LogP contribution in [-0.2, 0) is 16.1 Å². The van der Waals surface area contributed by atoms with Crippen molar-refractivity contribution in [1.82, 2.24) is 15.5 Å². The molecule has 0 radical (unpaired) electrons. The van der Waals surface area contributed by atoms with E-state index in [-0.39, 0.29) is 24.3 Å². The minimum Gasteiger partial charge on any atom is -0.481 e. The molecule has 7 nitrogen and oxygen atoms in total. The van der Waals surface area contributed by atoms with Crippen LogP contribution in [0.4, 0.5) is 0 Å². The predicted molar refractivity (Wildman–Crippen MR) is 66.2 cm³/mol. The lowest BCUT2D eigenvalue weighted by Crippen LogP contribution is -2.39. The van der Waals surface area contributed by atoms with Gasteiger partial charge in [-0.1, -0.05) is 17.3 Å². The summed E-state index contributed by atoms with van der Waals surface area (Å²) in [5, 5.41) is 15.6. The van der Waals surface area contributed by atoms with Gasteiger partial charge in [0.1, 0.15) is 0 Å². The van der Waals surface area contributed by atoms with Crippen molar-refractivity contribution in [3.63, 3.8) is 0 Å². The number of hydrogen-bond acceptors (Lipinski definition) is 5. The second kappa shape index (κ2) is 4.73. The van der Waals surface area contributed by atoms with Gasteiger partial charge in [0.25, 0.3) is 0 Å². The van der Waals surface area contributed by atoms with E-state index in [1.807, 2.05) is 12.2 Å². The molecule has 4 atom stereocenters. The van der Waals surface area contributed by atoms with Gasteiger partial charge in [-0.2, -0.15) is 4.98 Å². The Kier molecular flexibility index (Phi) is 3.04. The molecular weight excluding hydrogens is 262 g/mol. The molecule has 0 spiro atoms. The molecule has 20 heavy (non-hydrogen) atoms. The molecule has 1 aromatic rings. The van der Waals surface area contributed by atoms with Gasteiger partial charge in [0.05, 0.1) is 18.4 Å². The molecule has 1 aromatic heterocycles. The lowest BCUT2D eigenvalue weighted by atomic mass is 9.82. The fraction of sp³-hybridized carbons (Fsp3) is 0.538. The Hall–Kier alpha value is -2.18. The molecule has 4 unspecified atom stereocenters. The highest BCUT2D eigenvalue weighted by Crippen LogP contribution is 2.48. The SMILES string of the molecule is Cc1noc(CNC(=O)C2C3C=CC(C3)C2C(=O)O)n1. The Morgan fingerprint density at radius 2 is 2.10 bits per heavy atom. The van der Waals surface area contributed by atoms with Gasteiger partial charge in [-0.3, -0.25) is 9.59 Å². The van der Waals surface area contributed by atoms with E-state index in [2.05, 4.69) is 15.5 Å². The maximum absolute atomic E-state index is 12.2. The molecule has 2 bridgehead atoms. The zero-order valence-corrected chi connectivity index (χ0v) is 10.9. The first-order chi connectivity index (χ1) is 9.56. The van der Waals surface area contributed by atoms with Crippen LogP contribution in [0.15, 0.2) is 16.7 Å². The van der Waals surface area contributed by atoms with Crippen LogP contribution >= 0.6 is 0 Å². The number of carboxylic acids is 1. The second-order valence-electron chi connectivity index (χ2n) is 5.29. The Morgan fingerprint density at radius 3 is 2.70 bits per heavy atom. The molecule has 2 aliphatic carbocycles. The molecule has 2 N–H and O–H groups in total. The molecule has 1 saturated carbocycles. The normalized spacial score (nSPS) is 30.6. The van der Waals surface area contributed by atoms with E-state index in [1.54, 1.807) is 6.92 Å². The van der Waals surface area contributed by atoms with Crippen LogP contribution in [0, 0.1) is 30.6 Å². The molecule has 106 valence electrons. The fourth-order valence-electron chi connectivity index (χ4n) is 3.21. The van der Waals surface area contributed by atoms with Crippen LogP contribution < -0.4 is 5.32 Å². The molecule has 0 aliphatic heterocycles. The zero-order valence-electron chi connectivity index (χ0n) is 10.9. The summed E-state index contributed by atoms with van der Waals surface area (Å²) in [5.41, 5.74) is 0. The van der Waals surface area contributed by atoms with Gasteiger partial charge in [-0.15, -0.1) is 0 Å². The van der Waals surface area contributed by atoms with E-state index in [0.717, 1.165) is 6.42 Å². The van der Waals surface area contributed by atoms with Crippen molar-refractivity contribution < 1.29 is 19.2 Å². The number of nitrogens with one attached hydrogen (secondary N) is 1. The smallest absolute Gasteiger partial charge is 0.307 e.